The van der Waals surface area contributed by atoms with Gasteiger partial charge in [0.1, 0.15) is 29.2 Å². The standard InChI is InChI=1S/C21H16BrClN2O3S/c22-12-5-7-17(16(23)9-12)27-11-13-6-8-18(28-13)20(26)25-21-15(10-24)14-3-1-2-4-19(14)29-21/h5-9H,1-4,11H2,(H,25,26). The Hall–Kier alpha value is -2.27. The molecule has 0 atom stereocenters. The van der Waals surface area contributed by atoms with Crippen LogP contribution in [0.4, 0.5) is 5.00 Å². The molecule has 4 rings (SSSR count). The molecule has 0 spiro atoms. The van der Waals surface area contributed by atoms with E-state index >= 15 is 0 Å². The second-order valence-corrected chi connectivity index (χ2v) is 9.04. The number of ether oxygens (including phenoxy) is 1. The summed E-state index contributed by atoms with van der Waals surface area (Å²) in [6, 6.07) is 10.8. The molecule has 2 aromatic heterocycles. The molecule has 29 heavy (non-hydrogen) atoms. The minimum atomic E-state index is -0.381. The van der Waals surface area contributed by atoms with Crippen LogP contribution >= 0.6 is 38.9 Å². The molecule has 1 aliphatic rings. The third kappa shape index (κ3) is 4.35. The molecule has 0 radical (unpaired) electrons. The lowest BCUT2D eigenvalue weighted by atomic mass is 9.96. The number of rotatable bonds is 5. The fourth-order valence-corrected chi connectivity index (χ4v) is 5.22. The molecule has 8 heteroatoms. The molecule has 0 fully saturated rings. The van der Waals surface area contributed by atoms with Crippen molar-refractivity contribution in [2.75, 3.05) is 5.32 Å². The van der Waals surface area contributed by atoms with Crippen LogP contribution in [0.2, 0.25) is 5.02 Å². The Balaban J connectivity index is 1.44. The van der Waals surface area contributed by atoms with E-state index in [1.807, 2.05) is 6.07 Å². The van der Waals surface area contributed by atoms with E-state index in [4.69, 9.17) is 20.8 Å². The van der Waals surface area contributed by atoms with E-state index in [2.05, 4.69) is 27.3 Å². The van der Waals surface area contributed by atoms with Gasteiger partial charge in [-0.1, -0.05) is 27.5 Å². The zero-order valence-electron chi connectivity index (χ0n) is 15.3. The average Bonchev–Trinajstić information content (AvgIpc) is 3.31. The molecule has 1 amide bonds. The van der Waals surface area contributed by atoms with Gasteiger partial charge < -0.3 is 14.5 Å². The van der Waals surface area contributed by atoms with E-state index in [9.17, 15) is 10.1 Å². The first kappa shape index (κ1) is 20.0. The quantitative estimate of drug-likeness (QED) is 0.452. The second kappa shape index (κ2) is 8.62. The van der Waals surface area contributed by atoms with Crippen molar-refractivity contribution in [3.05, 3.63) is 67.4 Å². The smallest absolute Gasteiger partial charge is 0.292 e. The van der Waals surface area contributed by atoms with Crippen molar-refractivity contribution in [3.63, 3.8) is 0 Å². The fourth-order valence-electron chi connectivity index (χ4n) is 3.26. The Bertz CT molecular complexity index is 1120. The van der Waals surface area contributed by atoms with Crippen molar-refractivity contribution in [2.45, 2.75) is 32.3 Å². The minimum Gasteiger partial charge on any atom is -0.484 e. The van der Waals surface area contributed by atoms with Crippen LogP contribution in [0.15, 0.2) is 39.2 Å². The second-order valence-electron chi connectivity index (χ2n) is 6.61. The molecular formula is C21H16BrClN2O3S. The number of thiophene rings is 1. The lowest BCUT2D eigenvalue weighted by Crippen LogP contribution is -2.11. The highest BCUT2D eigenvalue weighted by Gasteiger charge is 2.23. The van der Waals surface area contributed by atoms with E-state index in [1.165, 1.54) is 16.2 Å². The van der Waals surface area contributed by atoms with E-state index in [0.29, 0.717) is 27.1 Å². The summed E-state index contributed by atoms with van der Waals surface area (Å²) in [5, 5.41) is 13.4. The molecule has 0 saturated carbocycles. The van der Waals surface area contributed by atoms with Gasteiger partial charge >= 0.3 is 0 Å². The summed E-state index contributed by atoms with van der Waals surface area (Å²) >= 11 is 11.0. The number of nitrogens with zero attached hydrogens (tertiary/aromatic N) is 1. The van der Waals surface area contributed by atoms with Crippen molar-refractivity contribution in [1.82, 2.24) is 0 Å². The number of aryl methyl sites for hydroxylation is 1. The maximum Gasteiger partial charge on any atom is 0.292 e. The molecule has 2 heterocycles. The number of nitrogens with one attached hydrogen (secondary N) is 1. The minimum absolute atomic E-state index is 0.144. The van der Waals surface area contributed by atoms with E-state index < -0.39 is 0 Å². The molecule has 148 valence electrons. The summed E-state index contributed by atoms with van der Waals surface area (Å²) in [4.78, 5) is 13.8. The van der Waals surface area contributed by atoms with E-state index in [-0.39, 0.29) is 18.3 Å². The summed E-state index contributed by atoms with van der Waals surface area (Å²) in [5.74, 6) is 0.814. The number of fused-ring (bicyclic) bond motifs is 1. The summed E-state index contributed by atoms with van der Waals surface area (Å²) in [7, 11) is 0. The summed E-state index contributed by atoms with van der Waals surface area (Å²) < 4.78 is 12.1. The van der Waals surface area contributed by atoms with Crippen LogP contribution in [0.25, 0.3) is 0 Å². The molecule has 0 bridgehead atoms. The summed E-state index contributed by atoms with van der Waals surface area (Å²) in [6.07, 6.45) is 4.06. The molecule has 3 aromatic rings. The van der Waals surface area contributed by atoms with Gasteiger partial charge in [0.15, 0.2) is 5.76 Å². The molecular weight excluding hydrogens is 476 g/mol. The van der Waals surface area contributed by atoms with Crippen LogP contribution in [-0.4, -0.2) is 5.91 Å². The van der Waals surface area contributed by atoms with Gasteiger partial charge in [0.25, 0.3) is 5.91 Å². The molecule has 0 saturated heterocycles. The van der Waals surface area contributed by atoms with E-state index in [0.717, 1.165) is 35.7 Å². The monoisotopic (exact) mass is 490 g/mol. The van der Waals surface area contributed by atoms with Crippen LogP contribution in [0.1, 0.15) is 45.2 Å². The Kier molecular flexibility index (Phi) is 5.95. The van der Waals surface area contributed by atoms with Gasteiger partial charge in [-0.3, -0.25) is 4.79 Å². The van der Waals surface area contributed by atoms with Gasteiger partial charge in [-0.25, -0.2) is 0 Å². The first-order valence-electron chi connectivity index (χ1n) is 9.07. The fraction of sp³-hybridized carbons (Fsp3) is 0.238. The highest BCUT2D eigenvalue weighted by atomic mass is 79.9. The van der Waals surface area contributed by atoms with Gasteiger partial charge in [-0.05, 0) is 61.6 Å². The molecule has 5 nitrogen and oxygen atoms in total. The number of anilines is 1. The topological polar surface area (TPSA) is 75.3 Å². The maximum absolute atomic E-state index is 12.6. The van der Waals surface area contributed by atoms with Crippen LogP contribution in [-0.2, 0) is 19.4 Å². The number of hydrogen-bond acceptors (Lipinski definition) is 5. The van der Waals surface area contributed by atoms with Crippen molar-refractivity contribution < 1.29 is 13.9 Å². The number of hydrogen-bond donors (Lipinski definition) is 1. The predicted molar refractivity (Wildman–Crippen MR) is 116 cm³/mol. The third-order valence-electron chi connectivity index (χ3n) is 4.66. The van der Waals surface area contributed by atoms with Crippen LogP contribution in [0.3, 0.4) is 0 Å². The van der Waals surface area contributed by atoms with Crippen molar-refractivity contribution in [2.24, 2.45) is 0 Å². The number of carbonyl (C=O) groups excluding carboxylic acids is 1. The third-order valence-corrected chi connectivity index (χ3v) is 6.66. The van der Waals surface area contributed by atoms with Crippen LogP contribution < -0.4 is 10.1 Å². The Morgan fingerprint density at radius 3 is 2.93 bits per heavy atom. The normalized spacial score (nSPS) is 12.9. The van der Waals surface area contributed by atoms with Crippen LogP contribution in [0.5, 0.6) is 5.75 Å². The maximum atomic E-state index is 12.6. The van der Waals surface area contributed by atoms with Gasteiger partial charge in [0.2, 0.25) is 0 Å². The zero-order valence-corrected chi connectivity index (χ0v) is 18.4. The number of halogens is 2. The van der Waals surface area contributed by atoms with E-state index in [1.54, 1.807) is 24.3 Å². The molecule has 1 aromatic carbocycles. The van der Waals surface area contributed by atoms with Gasteiger partial charge in [-0.15, -0.1) is 11.3 Å². The Morgan fingerprint density at radius 1 is 1.31 bits per heavy atom. The van der Waals surface area contributed by atoms with Crippen molar-refractivity contribution >= 4 is 49.8 Å². The highest BCUT2D eigenvalue weighted by molar-refractivity contribution is 9.10. The summed E-state index contributed by atoms with van der Waals surface area (Å²) in [5.41, 5.74) is 1.66. The Labute approximate surface area is 185 Å². The largest absolute Gasteiger partial charge is 0.484 e. The number of furan rings is 1. The molecule has 1 N–H and O–H groups in total. The SMILES string of the molecule is N#Cc1c(NC(=O)c2ccc(COc3ccc(Br)cc3Cl)o2)sc2c1CCCC2. The molecule has 0 unspecified atom stereocenters. The predicted octanol–water partition coefficient (Wildman–Crippen LogP) is 6.34. The summed E-state index contributed by atoms with van der Waals surface area (Å²) in [6.45, 7) is 0.144. The number of carbonyl (C=O) groups is 1. The molecule has 0 aliphatic heterocycles. The first-order chi connectivity index (χ1) is 14.0. The lowest BCUT2D eigenvalue weighted by Gasteiger charge is -2.09. The van der Waals surface area contributed by atoms with Crippen molar-refractivity contribution in [1.29, 1.82) is 5.26 Å². The molecule has 1 aliphatic carbocycles. The van der Waals surface area contributed by atoms with Gasteiger partial charge in [0.05, 0.1) is 10.6 Å². The Morgan fingerprint density at radius 2 is 2.14 bits per heavy atom. The number of nitriles is 1. The zero-order chi connectivity index (χ0) is 20.4. The van der Waals surface area contributed by atoms with Gasteiger partial charge in [0, 0.05) is 9.35 Å². The highest BCUT2D eigenvalue weighted by Crippen LogP contribution is 2.38. The number of benzene rings is 1. The average molecular weight is 492 g/mol. The number of amides is 1. The van der Waals surface area contributed by atoms with Gasteiger partial charge in [-0.2, -0.15) is 5.26 Å². The first-order valence-corrected chi connectivity index (χ1v) is 11.1. The van der Waals surface area contributed by atoms with Crippen molar-refractivity contribution in [3.8, 4) is 11.8 Å². The lowest BCUT2D eigenvalue weighted by molar-refractivity contribution is 0.0993. The van der Waals surface area contributed by atoms with Crippen LogP contribution in [0, 0.1) is 11.3 Å².